The zero-order chi connectivity index (χ0) is 19.0. The van der Waals surface area contributed by atoms with E-state index in [1.807, 2.05) is 36.4 Å². The van der Waals surface area contributed by atoms with Gasteiger partial charge >= 0.3 is 0 Å². The van der Waals surface area contributed by atoms with E-state index in [4.69, 9.17) is 16.3 Å². The number of nitrogens with zero attached hydrogens (tertiary/aromatic N) is 2. The first-order chi connectivity index (χ1) is 13.1. The van der Waals surface area contributed by atoms with Crippen molar-refractivity contribution >= 4 is 34.4 Å². The zero-order valence-corrected chi connectivity index (χ0v) is 15.8. The van der Waals surface area contributed by atoms with Gasteiger partial charge in [0, 0.05) is 10.8 Å². The van der Waals surface area contributed by atoms with Crippen LogP contribution in [0, 0.1) is 0 Å². The van der Waals surface area contributed by atoms with Gasteiger partial charge < -0.3 is 20.1 Å². The molecule has 1 aliphatic rings. The number of ether oxygens (including phenoxy) is 1. The molecule has 0 unspecified atom stereocenters. The summed E-state index contributed by atoms with van der Waals surface area (Å²) in [7, 11) is 0. The number of aliphatic hydroxyl groups excluding tert-OH is 3. The van der Waals surface area contributed by atoms with Gasteiger partial charge in [0.05, 0.1) is 17.6 Å². The van der Waals surface area contributed by atoms with Crippen LogP contribution in [0.3, 0.4) is 0 Å². The molecular formula is C19H19ClN2O4S. The molecule has 3 aromatic rings. The Morgan fingerprint density at radius 2 is 1.89 bits per heavy atom. The molecule has 142 valence electrons. The molecule has 0 amide bonds. The molecule has 1 aliphatic heterocycles. The van der Waals surface area contributed by atoms with Crippen LogP contribution in [0.5, 0.6) is 0 Å². The molecule has 1 aromatic heterocycles. The molecule has 3 N–H and O–H groups in total. The Labute approximate surface area is 165 Å². The summed E-state index contributed by atoms with van der Waals surface area (Å²) >= 11 is 7.66. The van der Waals surface area contributed by atoms with E-state index in [1.165, 1.54) is 11.8 Å². The van der Waals surface area contributed by atoms with Crippen LogP contribution in [-0.2, 0) is 10.5 Å². The summed E-state index contributed by atoms with van der Waals surface area (Å²) in [6, 6.07) is 15.3. The Morgan fingerprint density at radius 3 is 2.59 bits per heavy atom. The lowest BCUT2D eigenvalue weighted by molar-refractivity contribution is -0.0546. The highest BCUT2D eigenvalue weighted by molar-refractivity contribution is 7.98. The largest absolute Gasteiger partial charge is 0.394 e. The molecule has 4 rings (SSSR count). The number of thioether (sulfide) groups is 1. The van der Waals surface area contributed by atoms with Crippen LogP contribution in [0.1, 0.15) is 11.8 Å². The molecule has 1 fully saturated rings. The Hall–Kier alpha value is -1.61. The highest BCUT2D eigenvalue weighted by atomic mass is 35.5. The van der Waals surface area contributed by atoms with Crippen molar-refractivity contribution in [1.29, 1.82) is 0 Å². The predicted molar refractivity (Wildman–Crippen MR) is 104 cm³/mol. The maximum Gasteiger partial charge on any atom is 0.171 e. The standard InChI is InChI=1S/C19H19ClN2O4S/c20-12-6-7-13-14(8-12)22(18-17(25)16(24)15(9-23)26-18)19(21-13)27-10-11-4-2-1-3-5-11/h1-8,15-18,23-25H,9-10H2/t15-,16-,17-,18-/m1/s1. The average Bonchev–Trinajstić information content (AvgIpc) is 3.18. The summed E-state index contributed by atoms with van der Waals surface area (Å²) in [6.07, 6.45) is -4.08. The van der Waals surface area contributed by atoms with Crippen molar-refractivity contribution in [2.45, 2.75) is 35.4 Å². The SMILES string of the molecule is OC[C@H]1O[C@@H](n2c(SCc3ccccc3)nc3ccc(Cl)cc32)[C@H](O)[C@@H]1O. The number of imidazole rings is 1. The fourth-order valence-electron chi connectivity index (χ4n) is 3.21. The summed E-state index contributed by atoms with van der Waals surface area (Å²) in [4.78, 5) is 4.66. The third-order valence-corrected chi connectivity index (χ3v) is 5.86. The lowest BCUT2D eigenvalue weighted by Gasteiger charge is -2.19. The van der Waals surface area contributed by atoms with E-state index in [0.717, 1.165) is 5.56 Å². The highest BCUT2D eigenvalue weighted by Crippen LogP contribution is 2.37. The molecule has 0 saturated carbocycles. The molecule has 0 bridgehead atoms. The van der Waals surface area contributed by atoms with Crippen LogP contribution in [0.4, 0.5) is 0 Å². The van der Waals surface area contributed by atoms with E-state index in [-0.39, 0.29) is 6.61 Å². The summed E-state index contributed by atoms with van der Waals surface area (Å²) in [5.41, 5.74) is 2.56. The summed E-state index contributed by atoms with van der Waals surface area (Å²) in [5.74, 6) is 0.687. The Kier molecular flexibility index (Phi) is 5.41. The highest BCUT2D eigenvalue weighted by Gasteiger charge is 2.44. The zero-order valence-electron chi connectivity index (χ0n) is 14.3. The Morgan fingerprint density at radius 1 is 1.11 bits per heavy atom. The Bertz CT molecular complexity index is 936. The van der Waals surface area contributed by atoms with E-state index in [0.29, 0.717) is 27.0 Å². The van der Waals surface area contributed by atoms with E-state index < -0.39 is 24.5 Å². The summed E-state index contributed by atoms with van der Waals surface area (Å²) < 4.78 is 7.49. The van der Waals surface area contributed by atoms with Crippen molar-refractivity contribution in [3.8, 4) is 0 Å². The molecular weight excluding hydrogens is 388 g/mol. The van der Waals surface area contributed by atoms with Crippen molar-refractivity contribution in [3.63, 3.8) is 0 Å². The number of hydrogen-bond acceptors (Lipinski definition) is 6. The topological polar surface area (TPSA) is 87.7 Å². The number of aromatic nitrogens is 2. The summed E-state index contributed by atoms with van der Waals surface area (Å²) in [6.45, 7) is -0.380. The number of benzene rings is 2. The molecule has 27 heavy (non-hydrogen) atoms. The van der Waals surface area contributed by atoms with Crippen molar-refractivity contribution in [1.82, 2.24) is 9.55 Å². The van der Waals surface area contributed by atoms with Crippen molar-refractivity contribution < 1.29 is 20.1 Å². The molecule has 2 aromatic carbocycles. The normalized spacial score (nSPS) is 25.3. The molecule has 0 spiro atoms. The first-order valence-electron chi connectivity index (χ1n) is 8.55. The fraction of sp³-hybridized carbons (Fsp3) is 0.316. The molecule has 8 heteroatoms. The number of rotatable bonds is 5. The van der Waals surface area contributed by atoms with Gasteiger partial charge in [-0.1, -0.05) is 53.7 Å². The number of aliphatic hydroxyl groups is 3. The van der Waals surface area contributed by atoms with Crippen molar-refractivity contribution in [2.24, 2.45) is 0 Å². The quantitative estimate of drug-likeness (QED) is 0.564. The van der Waals surface area contributed by atoms with E-state index >= 15 is 0 Å². The van der Waals surface area contributed by atoms with Crippen LogP contribution in [0.15, 0.2) is 53.7 Å². The third-order valence-electron chi connectivity index (χ3n) is 4.60. The Balaban J connectivity index is 1.73. The van der Waals surface area contributed by atoms with Crippen molar-refractivity contribution in [3.05, 3.63) is 59.1 Å². The number of halogens is 1. The number of hydrogen-bond donors (Lipinski definition) is 3. The average molecular weight is 407 g/mol. The second-order valence-corrected chi connectivity index (χ2v) is 7.78. The van der Waals surface area contributed by atoms with Gasteiger partial charge in [0.15, 0.2) is 11.4 Å². The van der Waals surface area contributed by atoms with Crippen LogP contribution in [0.2, 0.25) is 5.02 Å². The maximum absolute atomic E-state index is 10.5. The first kappa shape index (κ1) is 18.7. The molecule has 0 radical (unpaired) electrons. The van der Waals surface area contributed by atoms with Crippen molar-refractivity contribution in [2.75, 3.05) is 6.61 Å². The van der Waals surface area contributed by atoms with Crippen LogP contribution in [0.25, 0.3) is 11.0 Å². The minimum atomic E-state index is -1.19. The van der Waals surface area contributed by atoms with Crippen LogP contribution >= 0.6 is 23.4 Å². The van der Waals surface area contributed by atoms with Gasteiger partial charge in [-0.15, -0.1) is 0 Å². The minimum absolute atomic E-state index is 0.380. The summed E-state index contributed by atoms with van der Waals surface area (Å²) in [5, 5.41) is 31.2. The van der Waals surface area contributed by atoms with Gasteiger partial charge in [-0.05, 0) is 23.8 Å². The molecule has 1 saturated heterocycles. The van der Waals surface area contributed by atoms with E-state index in [2.05, 4.69) is 4.98 Å². The lowest BCUT2D eigenvalue weighted by atomic mass is 10.1. The van der Waals surface area contributed by atoms with Gasteiger partial charge in [0.2, 0.25) is 0 Å². The van der Waals surface area contributed by atoms with Gasteiger partial charge in [0.25, 0.3) is 0 Å². The van der Waals surface area contributed by atoms with Gasteiger partial charge in [-0.2, -0.15) is 0 Å². The lowest BCUT2D eigenvalue weighted by Crippen LogP contribution is -2.33. The van der Waals surface area contributed by atoms with Crippen LogP contribution in [-0.4, -0.2) is 49.8 Å². The second kappa shape index (κ2) is 7.79. The monoisotopic (exact) mass is 406 g/mol. The van der Waals surface area contributed by atoms with E-state index in [9.17, 15) is 15.3 Å². The maximum atomic E-state index is 10.5. The second-order valence-electron chi connectivity index (χ2n) is 6.40. The molecule has 6 nitrogen and oxygen atoms in total. The van der Waals surface area contributed by atoms with Gasteiger partial charge in [0.1, 0.15) is 18.3 Å². The molecule has 4 atom stereocenters. The first-order valence-corrected chi connectivity index (χ1v) is 9.91. The van der Waals surface area contributed by atoms with Gasteiger partial charge in [-0.3, -0.25) is 4.57 Å². The smallest absolute Gasteiger partial charge is 0.171 e. The number of fused-ring (bicyclic) bond motifs is 1. The predicted octanol–water partition coefficient (Wildman–Crippen LogP) is 2.59. The molecule has 0 aliphatic carbocycles. The van der Waals surface area contributed by atoms with Crippen LogP contribution < -0.4 is 0 Å². The third kappa shape index (κ3) is 3.59. The van der Waals surface area contributed by atoms with E-state index in [1.54, 1.807) is 16.7 Å². The fourth-order valence-corrected chi connectivity index (χ4v) is 4.37. The van der Waals surface area contributed by atoms with Gasteiger partial charge in [-0.25, -0.2) is 4.98 Å². The molecule has 2 heterocycles. The minimum Gasteiger partial charge on any atom is -0.394 e.